The summed E-state index contributed by atoms with van der Waals surface area (Å²) in [4.78, 5) is 12.4. The highest BCUT2D eigenvalue weighted by Crippen LogP contribution is 2.22. The molecule has 0 saturated heterocycles. The van der Waals surface area contributed by atoms with Crippen LogP contribution in [0.1, 0.15) is 32.3 Å². The van der Waals surface area contributed by atoms with Gasteiger partial charge in [0.1, 0.15) is 5.75 Å². The van der Waals surface area contributed by atoms with Crippen molar-refractivity contribution in [1.29, 1.82) is 0 Å². The highest BCUT2D eigenvalue weighted by molar-refractivity contribution is 5.61. The Morgan fingerprint density at radius 3 is 2.36 bits per heavy atom. The molecule has 118 valence electrons. The lowest BCUT2D eigenvalue weighted by molar-refractivity contribution is 0.279. The second-order valence-corrected chi connectivity index (χ2v) is 5.23. The van der Waals surface area contributed by atoms with E-state index in [1.54, 1.807) is 10.6 Å². The van der Waals surface area contributed by atoms with Crippen molar-refractivity contribution >= 4 is 0 Å². The Hall–Kier alpha value is -2.07. The fourth-order valence-corrected chi connectivity index (χ4v) is 2.38. The standard InChI is InChI=1S/C18H23NO3/c1-3-11-19-17(10-7-15(13-20)18(19)21)14-5-8-16(9-6-14)22-12-4-2/h5-10,20H,3-4,11-13H2,1-2H3. The summed E-state index contributed by atoms with van der Waals surface area (Å²) in [6.45, 7) is 5.21. The molecule has 1 N–H and O–H groups in total. The molecule has 0 saturated carbocycles. The van der Waals surface area contributed by atoms with Crippen molar-refractivity contribution in [2.45, 2.75) is 39.8 Å². The number of benzene rings is 1. The minimum Gasteiger partial charge on any atom is -0.494 e. The van der Waals surface area contributed by atoms with Crippen LogP contribution in [0.15, 0.2) is 41.2 Å². The molecule has 0 unspecified atom stereocenters. The quantitative estimate of drug-likeness (QED) is 0.854. The Bertz CT molecular complexity index is 659. The largest absolute Gasteiger partial charge is 0.494 e. The zero-order valence-electron chi connectivity index (χ0n) is 13.2. The molecule has 2 rings (SSSR count). The van der Waals surface area contributed by atoms with Crippen LogP contribution in [0.5, 0.6) is 5.75 Å². The number of ether oxygens (including phenoxy) is 1. The predicted octanol–water partition coefficient (Wildman–Crippen LogP) is 3.21. The first-order valence-corrected chi connectivity index (χ1v) is 7.78. The Kier molecular flexibility index (Phi) is 5.78. The van der Waals surface area contributed by atoms with E-state index in [0.717, 1.165) is 29.8 Å². The maximum absolute atomic E-state index is 12.4. The molecule has 0 amide bonds. The van der Waals surface area contributed by atoms with Gasteiger partial charge in [0.15, 0.2) is 0 Å². The molecule has 0 bridgehead atoms. The van der Waals surface area contributed by atoms with Gasteiger partial charge in [0, 0.05) is 12.1 Å². The lowest BCUT2D eigenvalue weighted by Crippen LogP contribution is -2.25. The Balaban J connectivity index is 2.39. The van der Waals surface area contributed by atoms with Crippen LogP contribution >= 0.6 is 0 Å². The summed E-state index contributed by atoms with van der Waals surface area (Å²) in [7, 11) is 0. The molecular formula is C18H23NO3. The van der Waals surface area contributed by atoms with Gasteiger partial charge < -0.3 is 14.4 Å². The lowest BCUT2D eigenvalue weighted by atomic mass is 10.1. The van der Waals surface area contributed by atoms with Gasteiger partial charge in [-0.2, -0.15) is 0 Å². The van der Waals surface area contributed by atoms with Gasteiger partial charge in [0.05, 0.1) is 18.9 Å². The van der Waals surface area contributed by atoms with Gasteiger partial charge >= 0.3 is 0 Å². The highest BCUT2D eigenvalue weighted by atomic mass is 16.5. The van der Waals surface area contributed by atoms with Crippen LogP contribution in [-0.4, -0.2) is 16.3 Å². The van der Waals surface area contributed by atoms with Crippen LogP contribution in [0.3, 0.4) is 0 Å². The topological polar surface area (TPSA) is 51.5 Å². The van der Waals surface area contributed by atoms with E-state index in [4.69, 9.17) is 4.74 Å². The van der Waals surface area contributed by atoms with E-state index in [9.17, 15) is 9.90 Å². The van der Waals surface area contributed by atoms with E-state index >= 15 is 0 Å². The highest BCUT2D eigenvalue weighted by Gasteiger charge is 2.09. The van der Waals surface area contributed by atoms with E-state index in [2.05, 4.69) is 6.92 Å². The number of aliphatic hydroxyl groups is 1. The molecule has 2 aromatic rings. The molecule has 1 aromatic carbocycles. The predicted molar refractivity (Wildman–Crippen MR) is 88.1 cm³/mol. The van der Waals surface area contributed by atoms with Gasteiger partial charge in [0.25, 0.3) is 5.56 Å². The van der Waals surface area contributed by atoms with E-state index in [0.29, 0.717) is 18.7 Å². The molecule has 0 aliphatic rings. The fourth-order valence-electron chi connectivity index (χ4n) is 2.38. The molecular weight excluding hydrogens is 278 g/mol. The second-order valence-electron chi connectivity index (χ2n) is 5.23. The zero-order chi connectivity index (χ0) is 15.9. The Morgan fingerprint density at radius 1 is 1.05 bits per heavy atom. The average molecular weight is 301 g/mol. The number of rotatable bonds is 7. The third-order valence-corrected chi connectivity index (χ3v) is 3.49. The van der Waals surface area contributed by atoms with Gasteiger partial charge in [-0.1, -0.05) is 13.8 Å². The number of aromatic nitrogens is 1. The van der Waals surface area contributed by atoms with Crippen molar-refractivity contribution in [2.75, 3.05) is 6.61 Å². The first kappa shape index (κ1) is 16.3. The molecule has 0 aliphatic carbocycles. The molecule has 1 heterocycles. The first-order chi connectivity index (χ1) is 10.7. The van der Waals surface area contributed by atoms with Crippen LogP contribution in [0.2, 0.25) is 0 Å². The van der Waals surface area contributed by atoms with E-state index in [1.165, 1.54) is 0 Å². The number of aliphatic hydroxyl groups excluding tert-OH is 1. The summed E-state index contributed by atoms with van der Waals surface area (Å²) >= 11 is 0. The van der Waals surface area contributed by atoms with Crippen molar-refractivity contribution in [1.82, 2.24) is 4.57 Å². The molecule has 0 atom stereocenters. The van der Waals surface area contributed by atoms with Crippen molar-refractivity contribution < 1.29 is 9.84 Å². The summed E-state index contributed by atoms with van der Waals surface area (Å²) in [6, 6.07) is 11.4. The molecule has 0 radical (unpaired) electrons. The van der Waals surface area contributed by atoms with Crippen molar-refractivity contribution in [3.63, 3.8) is 0 Å². The van der Waals surface area contributed by atoms with Crippen LogP contribution in [-0.2, 0) is 13.2 Å². The Labute approximate surface area is 131 Å². The number of hydrogen-bond donors (Lipinski definition) is 1. The molecule has 0 aliphatic heterocycles. The van der Waals surface area contributed by atoms with E-state index in [1.807, 2.05) is 37.3 Å². The van der Waals surface area contributed by atoms with Gasteiger partial charge in [-0.15, -0.1) is 0 Å². The summed E-state index contributed by atoms with van der Waals surface area (Å²) in [5, 5.41) is 9.26. The molecule has 0 fully saturated rings. The summed E-state index contributed by atoms with van der Waals surface area (Å²) in [5.74, 6) is 0.835. The number of hydrogen-bond acceptors (Lipinski definition) is 3. The zero-order valence-corrected chi connectivity index (χ0v) is 13.2. The van der Waals surface area contributed by atoms with Crippen molar-refractivity contribution in [2.24, 2.45) is 0 Å². The van der Waals surface area contributed by atoms with Gasteiger partial charge in [-0.05, 0) is 54.8 Å². The third-order valence-electron chi connectivity index (χ3n) is 3.49. The van der Waals surface area contributed by atoms with Gasteiger partial charge in [-0.25, -0.2) is 0 Å². The number of pyridine rings is 1. The maximum atomic E-state index is 12.4. The van der Waals surface area contributed by atoms with E-state index < -0.39 is 0 Å². The van der Waals surface area contributed by atoms with Crippen LogP contribution in [0, 0.1) is 0 Å². The smallest absolute Gasteiger partial charge is 0.256 e. The lowest BCUT2D eigenvalue weighted by Gasteiger charge is -2.14. The minimum atomic E-state index is -0.230. The van der Waals surface area contributed by atoms with Crippen molar-refractivity contribution in [3.8, 4) is 17.0 Å². The normalized spacial score (nSPS) is 10.7. The SMILES string of the molecule is CCCOc1ccc(-c2ccc(CO)c(=O)n2CCC)cc1. The molecule has 0 spiro atoms. The molecule has 4 nitrogen and oxygen atoms in total. The molecule has 4 heteroatoms. The first-order valence-electron chi connectivity index (χ1n) is 7.78. The molecule has 1 aromatic heterocycles. The fraction of sp³-hybridized carbons (Fsp3) is 0.389. The van der Waals surface area contributed by atoms with Gasteiger partial charge in [-0.3, -0.25) is 4.79 Å². The Morgan fingerprint density at radius 2 is 1.77 bits per heavy atom. The van der Waals surface area contributed by atoms with Crippen LogP contribution < -0.4 is 10.3 Å². The maximum Gasteiger partial charge on any atom is 0.256 e. The minimum absolute atomic E-state index is 0.117. The summed E-state index contributed by atoms with van der Waals surface area (Å²) in [6.07, 6.45) is 1.83. The van der Waals surface area contributed by atoms with Gasteiger partial charge in [0.2, 0.25) is 0 Å². The van der Waals surface area contributed by atoms with E-state index in [-0.39, 0.29) is 12.2 Å². The van der Waals surface area contributed by atoms with Crippen LogP contribution in [0.25, 0.3) is 11.3 Å². The van der Waals surface area contributed by atoms with Crippen molar-refractivity contribution in [3.05, 3.63) is 52.3 Å². The third kappa shape index (κ3) is 3.57. The number of nitrogens with zero attached hydrogens (tertiary/aromatic N) is 1. The summed E-state index contributed by atoms with van der Waals surface area (Å²) in [5.41, 5.74) is 2.15. The monoisotopic (exact) mass is 301 g/mol. The second kappa shape index (κ2) is 7.80. The average Bonchev–Trinajstić information content (AvgIpc) is 2.55. The van der Waals surface area contributed by atoms with Crippen LogP contribution in [0.4, 0.5) is 0 Å². The molecule has 22 heavy (non-hydrogen) atoms. The summed E-state index contributed by atoms with van der Waals surface area (Å²) < 4.78 is 7.31.